The van der Waals surface area contributed by atoms with Crippen molar-refractivity contribution >= 4 is 34.2 Å². The molecule has 1 aliphatic rings. The fraction of sp³-hybridized carbons (Fsp3) is 0.333. The Bertz CT molecular complexity index is 1330. The molecule has 180 valence electrons. The van der Waals surface area contributed by atoms with E-state index in [4.69, 9.17) is 16.7 Å². The molecule has 1 N–H and O–H groups in total. The summed E-state index contributed by atoms with van der Waals surface area (Å²) in [4.78, 5) is 15.0. The van der Waals surface area contributed by atoms with Gasteiger partial charge in [0.2, 0.25) is 5.91 Å². The van der Waals surface area contributed by atoms with E-state index in [1.54, 1.807) is 0 Å². The van der Waals surface area contributed by atoms with Crippen LogP contribution in [0, 0.1) is 19.8 Å². The van der Waals surface area contributed by atoms with Crippen LogP contribution >= 0.6 is 11.6 Å². The molecule has 0 spiro atoms. The molecule has 1 fully saturated rings. The monoisotopic (exact) mass is 488 g/mol. The van der Waals surface area contributed by atoms with E-state index in [1.807, 2.05) is 66.2 Å². The largest absolute Gasteiger partial charge is 0.356 e. The molecule has 0 bridgehead atoms. The zero-order valence-electron chi connectivity index (χ0n) is 20.0. The Morgan fingerprint density at radius 3 is 2.46 bits per heavy atom. The van der Waals surface area contributed by atoms with Gasteiger partial charge in [0.1, 0.15) is 5.52 Å². The van der Waals surface area contributed by atoms with Gasteiger partial charge in [0, 0.05) is 30.6 Å². The van der Waals surface area contributed by atoms with Crippen LogP contribution in [0.3, 0.4) is 0 Å². The minimum atomic E-state index is 0.00831. The van der Waals surface area contributed by atoms with E-state index in [-0.39, 0.29) is 11.8 Å². The number of aromatic nitrogens is 4. The lowest BCUT2D eigenvalue weighted by molar-refractivity contribution is -0.125. The Morgan fingerprint density at radius 1 is 1.03 bits per heavy atom. The smallest absolute Gasteiger partial charge is 0.223 e. The van der Waals surface area contributed by atoms with Gasteiger partial charge in [-0.1, -0.05) is 41.9 Å². The van der Waals surface area contributed by atoms with Crippen molar-refractivity contribution in [3.05, 3.63) is 76.6 Å². The maximum absolute atomic E-state index is 12.8. The van der Waals surface area contributed by atoms with Crippen LogP contribution in [0.1, 0.15) is 29.8 Å². The van der Waals surface area contributed by atoms with Crippen LogP contribution in [0.5, 0.6) is 0 Å². The lowest BCUT2D eigenvalue weighted by atomic mass is 9.95. The number of nitrogens with zero attached hydrogens (tertiary/aromatic N) is 5. The van der Waals surface area contributed by atoms with Crippen molar-refractivity contribution in [2.24, 2.45) is 5.92 Å². The SMILES string of the molecule is Cc1nnc(N2CCC(C(=O)NCCc3ccc(Cl)cc3)CC2)c2nn(-c3ccccc3)c(C)c12. The number of hydrogen-bond acceptors (Lipinski definition) is 5. The molecule has 0 unspecified atom stereocenters. The van der Waals surface area contributed by atoms with Gasteiger partial charge >= 0.3 is 0 Å². The van der Waals surface area contributed by atoms with Crippen LogP contribution in [0.25, 0.3) is 16.6 Å². The van der Waals surface area contributed by atoms with Crippen molar-refractivity contribution in [3.8, 4) is 5.69 Å². The fourth-order valence-electron chi connectivity index (χ4n) is 4.82. The molecule has 7 nitrogen and oxygen atoms in total. The first-order chi connectivity index (χ1) is 17.0. The zero-order chi connectivity index (χ0) is 24.4. The standard InChI is InChI=1S/C27H29ClN6O/c1-18-24-19(2)34(23-6-4-3-5-7-23)32-25(24)26(31-30-18)33-16-13-21(14-17-33)27(35)29-15-12-20-8-10-22(28)11-9-20/h3-11,21H,12-17H2,1-2H3,(H,29,35). The number of nitrogens with one attached hydrogen (secondary N) is 1. The first-order valence-corrected chi connectivity index (χ1v) is 12.4. The number of amides is 1. The number of aryl methyl sites for hydroxylation is 2. The number of carbonyl (C=O) groups is 1. The molecule has 35 heavy (non-hydrogen) atoms. The average Bonchev–Trinajstić information content (AvgIpc) is 3.24. The molecule has 0 atom stereocenters. The number of halogens is 1. The Kier molecular flexibility index (Phi) is 6.68. The number of hydrogen-bond donors (Lipinski definition) is 1. The van der Waals surface area contributed by atoms with E-state index in [0.29, 0.717) is 6.54 Å². The lowest BCUT2D eigenvalue weighted by Crippen LogP contribution is -2.41. The quantitative estimate of drug-likeness (QED) is 0.427. The molecule has 0 saturated carbocycles. The second-order valence-electron chi connectivity index (χ2n) is 9.09. The van der Waals surface area contributed by atoms with E-state index < -0.39 is 0 Å². The van der Waals surface area contributed by atoms with E-state index >= 15 is 0 Å². The van der Waals surface area contributed by atoms with Gasteiger partial charge in [-0.2, -0.15) is 10.2 Å². The predicted molar refractivity (Wildman–Crippen MR) is 139 cm³/mol. The maximum atomic E-state index is 12.8. The van der Waals surface area contributed by atoms with Crippen molar-refractivity contribution in [1.29, 1.82) is 0 Å². The molecule has 2 aromatic carbocycles. The Hall–Kier alpha value is -3.45. The Labute approximate surface area is 210 Å². The highest BCUT2D eigenvalue weighted by Gasteiger charge is 2.28. The number of carbonyl (C=O) groups excluding carboxylic acids is 1. The van der Waals surface area contributed by atoms with Gasteiger partial charge in [0.05, 0.1) is 22.5 Å². The van der Waals surface area contributed by atoms with Crippen LogP contribution < -0.4 is 10.2 Å². The van der Waals surface area contributed by atoms with Gasteiger partial charge in [0.25, 0.3) is 0 Å². The summed E-state index contributed by atoms with van der Waals surface area (Å²) in [5.41, 5.74) is 4.97. The van der Waals surface area contributed by atoms with E-state index in [9.17, 15) is 4.79 Å². The van der Waals surface area contributed by atoms with E-state index in [0.717, 1.165) is 76.7 Å². The van der Waals surface area contributed by atoms with Crippen molar-refractivity contribution in [3.63, 3.8) is 0 Å². The predicted octanol–water partition coefficient (Wildman–Crippen LogP) is 4.66. The Morgan fingerprint density at radius 2 is 1.74 bits per heavy atom. The van der Waals surface area contributed by atoms with Gasteiger partial charge in [-0.3, -0.25) is 4.79 Å². The van der Waals surface area contributed by atoms with E-state index in [1.165, 1.54) is 0 Å². The third-order valence-corrected chi connectivity index (χ3v) is 7.03. The summed E-state index contributed by atoms with van der Waals surface area (Å²) in [6.07, 6.45) is 2.35. The topological polar surface area (TPSA) is 75.9 Å². The van der Waals surface area contributed by atoms with E-state index in [2.05, 4.69) is 27.3 Å². The van der Waals surface area contributed by atoms with Crippen molar-refractivity contribution in [2.75, 3.05) is 24.5 Å². The van der Waals surface area contributed by atoms with Crippen LogP contribution in [-0.2, 0) is 11.2 Å². The molecule has 0 aliphatic carbocycles. The lowest BCUT2D eigenvalue weighted by Gasteiger charge is -2.32. The molecule has 2 aromatic heterocycles. The minimum absolute atomic E-state index is 0.00831. The number of piperidine rings is 1. The second-order valence-corrected chi connectivity index (χ2v) is 9.53. The summed E-state index contributed by atoms with van der Waals surface area (Å²) < 4.78 is 1.96. The van der Waals surface area contributed by atoms with Gasteiger partial charge in [0.15, 0.2) is 5.82 Å². The molecule has 0 radical (unpaired) electrons. The summed E-state index contributed by atoms with van der Waals surface area (Å²) in [5, 5.41) is 18.8. The number of benzene rings is 2. The summed E-state index contributed by atoms with van der Waals surface area (Å²) >= 11 is 5.94. The number of rotatable bonds is 6. The average molecular weight is 489 g/mol. The van der Waals surface area contributed by atoms with Crippen LogP contribution in [0.15, 0.2) is 54.6 Å². The maximum Gasteiger partial charge on any atom is 0.223 e. The molecular formula is C27H29ClN6O. The van der Waals surface area contributed by atoms with Gasteiger partial charge in [-0.25, -0.2) is 4.68 Å². The third-order valence-electron chi connectivity index (χ3n) is 6.78. The number of fused-ring (bicyclic) bond motifs is 1. The summed E-state index contributed by atoms with van der Waals surface area (Å²) in [6, 6.07) is 17.9. The zero-order valence-corrected chi connectivity index (χ0v) is 20.8. The van der Waals surface area contributed by atoms with Gasteiger partial charge < -0.3 is 10.2 Å². The van der Waals surface area contributed by atoms with Crippen LogP contribution in [-0.4, -0.2) is 45.5 Å². The normalized spacial score (nSPS) is 14.4. The highest BCUT2D eigenvalue weighted by molar-refractivity contribution is 6.30. The summed E-state index contributed by atoms with van der Waals surface area (Å²) in [5.74, 6) is 0.932. The number of para-hydroxylation sites is 1. The molecule has 1 amide bonds. The third kappa shape index (κ3) is 4.86. The van der Waals surface area contributed by atoms with Crippen molar-refractivity contribution in [2.45, 2.75) is 33.1 Å². The van der Waals surface area contributed by atoms with Gasteiger partial charge in [-0.15, -0.1) is 5.10 Å². The minimum Gasteiger partial charge on any atom is -0.356 e. The highest BCUT2D eigenvalue weighted by atomic mass is 35.5. The first-order valence-electron chi connectivity index (χ1n) is 12.1. The molecule has 4 aromatic rings. The van der Waals surface area contributed by atoms with Crippen molar-refractivity contribution < 1.29 is 4.79 Å². The van der Waals surface area contributed by atoms with Crippen molar-refractivity contribution in [1.82, 2.24) is 25.3 Å². The molecule has 1 saturated heterocycles. The fourth-order valence-corrected chi connectivity index (χ4v) is 4.95. The van der Waals surface area contributed by atoms with Crippen LogP contribution in [0.4, 0.5) is 5.82 Å². The Balaban J connectivity index is 1.25. The first kappa shape index (κ1) is 23.3. The molecule has 5 rings (SSSR count). The van der Waals surface area contributed by atoms with Gasteiger partial charge in [-0.05, 0) is 62.9 Å². The second kappa shape index (κ2) is 10.0. The summed E-state index contributed by atoms with van der Waals surface area (Å²) in [7, 11) is 0. The molecule has 1 aliphatic heterocycles. The highest BCUT2D eigenvalue weighted by Crippen LogP contribution is 2.31. The molecule has 3 heterocycles. The summed E-state index contributed by atoms with van der Waals surface area (Å²) in [6.45, 7) is 6.17. The number of anilines is 1. The molecular weight excluding hydrogens is 460 g/mol. The molecule has 8 heteroatoms. The van der Waals surface area contributed by atoms with Crippen LogP contribution in [0.2, 0.25) is 5.02 Å².